The number of benzene rings is 2. The molecule has 168 valence electrons. The average Bonchev–Trinajstić information content (AvgIpc) is 3.37. The van der Waals surface area contributed by atoms with Gasteiger partial charge in [0.2, 0.25) is 0 Å². The van der Waals surface area contributed by atoms with E-state index < -0.39 is 0 Å². The van der Waals surface area contributed by atoms with Crippen LogP contribution in [0.4, 0.5) is 10.1 Å². The molecule has 0 saturated carbocycles. The summed E-state index contributed by atoms with van der Waals surface area (Å²) in [7, 11) is 0. The van der Waals surface area contributed by atoms with Gasteiger partial charge in [-0.05, 0) is 55.9 Å². The number of piperidine rings is 1. The second-order valence-corrected chi connectivity index (χ2v) is 10.2. The van der Waals surface area contributed by atoms with Crippen molar-refractivity contribution in [1.82, 2.24) is 19.1 Å². The van der Waals surface area contributed by atoms with E-state index in [1.165, 1.54) is 12.0 Å². The molecular weight excluding hydrogens is 421 g/mol. The van der Waals surface area contributed by atoms with Gasteiger partial charge in [0.25, 0.3) is 0 Å². The van der Waals surface area contributed by atoms with Gasteiger partial charge in [-0.3, -0.25) is 0 Å². The van der Waals surface area contributed by atoms with Crippen molar-refractivity contribution in [2.24, 2.45) is 0 Å². The van der Waals surface area contributed by atoms with E-state index in [1.807, 2.05) is 18.0 Å². The van der Waals surface area contributed by atoms with Crippen LogP contribution >= 0.6 is 11.9 Å². The van der Waals surface area contributed by atoms with Crippen molar-refractivity contribution < 1.29 is 4.39 Å². The predicted molar refractivity (Wildman–Crippen MR) is 128 cm³/mol. The number of rotatable bonds is 5. The van der Waals surface area contributed by atoms with Gasteiger partial charge in [-0.1, -0.05) is 48.3 Å². The van der Waals surface area contributed by atoms with Crippen molar-refractivity contribution in [2.75, 3.05) is 18.0 Å². The third-order valence-corrected chi connectivity index (χ3v) is 8.31. The van der Waals surface area contributed by atoms with E-state index in [-0.39, 0.29) is 5.82 Å². The second kappa shape index (κ2) is 9.63. The van der Waals surface area contributed by atoms with Gasteiger partial charge in [0.1, 0.15) is 18.5 Å². The molecule has 0 amide bonds. The van der Waals surface area contributed by atoms with Crippen LogP contribution in [0.25, 0.3) is 0 Å². The molecule has 2 aliphatic rings. The fourth-order valence-corrected chi connectivity index (χ4v) is 6.22. The fraction of sp³-hybridized carbons (Fsp3) is 0.440. The molecule has 0 aliphatic carbocycles. The number of hydrogen-bond donors (Lipinski definition) is 0. The lowest BCUT2D eigenvalue weighted by molar-refractivity contribution is 0.321. The van der Waals surface area contributed by atoms with Crippen molar-refractivity contribution in [3.05, 3.63) is 78.1 Å². The molecule has 2 aliphatic heterocycles. The van der Waals surface area contributed by atoms with E-state index in [1.54, 1.807) is 18.7 Å². The summed E-state index contributed by atoms with van der Waals surface area (Å²) >= 11 is 1.91. The lowest BCUT2D eigenvalue weighted by Crippen LogP contribution is -2.35. The number of hydrogen-bond acceptors (Lipinski definition) is 5. The van der Waals surface area contributed by atoms with Gasteiger partial charge in [-0.15, -0.1) is 10.2 Å². The highest BCUT2D eigenvalue weighted by molar-refractivity contribution is 7.97. The van der Waals surface area contributed by atoms with Crippen LogP contribution < -0.4 is 4.90 Å². The molecule has 2 aromatic carbocycles. The number of anilines is 1. The molecule has 0 radical (unpaired) electrons. The maximum atomic E-state index is 15.1. The highest BCUT2D eigenvalue weighted by atomic mass is 32.2. The highest BCUT2D eigenvalue weighted by Crippen LogP contribution is 2.43. The van der Waals surface area contributed by atoms with E-state index in [4.69, 9.17) is 0 Å². The lowest BCUT2D eigenvalue weighted by atomic mass is 10.0. The van der Waals surface area contributed by atoms with Gasteiger partial charge in [0.05, 0.1) is 5.69 Å². The molecule has 0 bridgehead atoms. The first-order valence-corrected chi connectivity index (χ1v) is 12.4. The maximum Gasteiger partial charge on any atom is 0.146 e. The minimum absolute atomic E-state index is 0.112. The Hall–Kier alpha value is -2.38. The smallest absolute Gasteiger partial charge is 0.146 e. The molecule has 5 nitrogen and oxygen atoms in total. The van der Waals surface area contributed by atoms with Gasteiger partial charge in [0, 0.05) is 37.0 Å². The molecular formula is C25H30FN5S. The topological polar surface area (TPSA) is 37.2 Å². The molecule has 0 unspecified atom stereocenters. The Bertz CT molecular complexity index is 1000. The van der Waals surface area contributed by atoms with E-state index in [0.29, 0.717) is 17.3 Å². The second-order valence-electron chi connectivity index (χ2n) is 8.92. The molecule has 32 heavy (non-hydrogen) atoms. The van der Waals surface area contributed by atoms with Crippen LogP contribution in [-0.2, 0) is 6.54 Å². The quantitative estimate of drug-likeness (QED) is 0.470. The summed E-state index contributed by atoms with van der Waals surface area (Å²) in [6.45, 7) is 4.73. The summed E-state index contributed by atoms with van der Waals surface area (Å²) in [5, 5.41) is 8.29. The molecule has 0 N–H and O–H groups in total. The summed E-state index contributed by atoms with van der Waals surface area (Å²) in [6, 6.07) is 17.4. The Kier molecular flexibility index (Phi) is 6.46. The minimum Gasteiger partial charge on any atom is -0.369 e. The van der Waals surface area contributed by atoms with Gasteiger partial charge < -0.3 is 9.47 Å². The number of halogens is 1. The van der Waals surface area contributed by atoms with Gasteiger partial charge in [0.15, 0.2) is 0 Å². The Morgan fingerprint density at radius 1 is 0.969 bits per heavy atom. The van der Waals surface area contributed by atoms with Gasteiger partial charge in [-0.25, -0.2) is 8.70 Å². The van der Waals surface area contributed by atoms with Crippen LogP contribution in [0.1, 0.15) is 55.0 Å². The molecule has 1 aromatic heterocycles. The largest absolute Gasteiger partial charge is 0.369 e. The summed E-state index contributed by atoms with van der Waals surface area (Å²) in [5.41, 5.74) is 3.14. The first kappa shape index (κ1) is 21.5. The normalized spacial score (nSPS) is 22.9. The molecule has 2 fully saturated rings. The van der Waals surface area contributed by atoms with Gasteiger partial charge >= 0.3 is 0 Å². The van der Waals surface area contributed by atoms with Crippen molar-refractivity contribution in [3.63, 3.8) is 0 Å². The SMILES string of the molecule is C[C@H]1CC[C@@H](c2ccccc2)SN1Cc1ccc(N2CCC(n3cnnc3)CC2)c(F)c1. The monoisotopic (exact) mass is 451 g/mol. The summed E-state index contributed by atoms with van der Waals surface area (Å²) in [4.78, 5) is 2.17. The Labute approximate surface area is 193 Å². The Morgan fingerprint density at radius 3 is 2.44 bits per heavy atom. The van der Waals surface area contributed by atoms with Crippen LogP contribution in [0.5, 0.6) is 0 Å². The van der Waals surface area contributed by atoms with Crippen LogP contribution in [0.15, 0.2) is 61.2 Å². The van der Waals surface area contributed by atoms with Gasteiger partial charge in [-0.2, -0.15) is 0 Å². The zero-order chi connectivity index (χ0) is 21.9. The first-order chi connectivity index (χ1) is 15.7. The molecule has 3 aromatic rings. The third kappa shape index (κ3) is 4.69. The van der Waals surface area contributed by atoms with E-state index >= 15 is 4.39 Å². The molecule has 7 heteroatoms. The zero-order valence-corrected chi connectivity index (χ0v) is 19.3. The Balaban J connectivity index is 1.22. The van der Waals surface area contributed by atoms with E-state index in [9.17, 15) is 0 Å². The summed E-state index contributed by atoms with van der Waals surface area (Å²) < 4.78 is 19.6. The van der Waals surface area contributed by atoms with Crippen LogP contribution in [0, 0.1) is 5.82 Å². The molecule has 2 saturated heterocycles. The van der Waals surface area contributed by atoms with Crippen molar-refractivity contribution in [3.8, 4) is 0 Å². The van der Waals surface area contributed by atoms with Crippen molar-refractivity contribution in [2.45, 2.75) is 56.5 Å². The highest BCUT2D eigenvalue weighted by Gasteiger charge is 2.28. The molecule has 0 spiro atoms. The van der Waals surface area contributed by atoms with Crippen LogP contribution in [0.2, 0.25) is 0 Å². The molecule has 5 rings (SSSR count). The zero-order valence-electron chi connectivity index (χ0n) is 18.5. The van der Waals surface area contributed by atoms with Crippen molar-refractivity contribution >= 4 is 17.6 Å². The third-order valence-electron chi connectivity index (χ3n) is 6.79. The fourth-order valence-electron chi connectivity index (χ4n) is 4.83. The maximum absolute atomic E-state index is 15.1. The molecule has 2 atom stereocenters. The number of aromatic nitrogens is 3. The van der Waals surface area contributed by atoms with E-state index in [2.05, 4.69) is 67.3 Å². The average molecular weight is 452 g/mol. The standard InChI is InChI=1S/C25H30FN5S/c1-19-7-10-25(21-5-3-2-4-6-21)32-31(19)16-20-8-9-24(23(26)15-20)29-13-11-22(12-14-29)30-17-27-28-18-30/h2-6,8-9,15,17-19,22,25H,7,10-14,16H2,1H3/t19-,25-/m0/s1. The van der Waals surface area contributed by atoms with E-state index in [0.717, 1.165) is 50.1 Å². The van der Waals surface area contributed by atoms with Crippen molar-refractivity contribution in [1.29, 1.82) is 0 Å². The van der Waals surface area contributed by atoms with Crippen LogP contribution in [-0.4, -0.2) is 38.2 Å². The summed E-state index contributed by atoms with van der Waals surface area (Å²) in [5.74, 6) is -0.112. The Morgan fingerprint density at radius 2 is 1.72 bits per heavy atom. The first-order valence-electron chi connectivity index (χ1n) is 11.5. The molecule has 3 heterocycles. The predicted octanol–water partition coefficient (Wildman–Crippen LogP) is 5.63. The lowest BCUT2D eigenvalue weighted by Gasteiger charge is -2.37. The number of nitrogens with zero attached hydrogens (tertiary/aromatic N) is 5. The minimum atomic E-state index is -0.112. The summed E-state index contributed by atoms with van der Waals surface area (Å²) in [6.07, 6.45) is 7.85. The van der Waals surface area contributed by atoms with Crippen LogP contribution in [0.3, 0.4) is 0 Å².